The first-order chi connectivity index (χ1) is 9.10. The van der Waals surface area contributed by atoms with Crippen molar-refractivity contribution in [1.29, 1.82) is 0 Å². The molecule has 19 heavy (non-hydrogen) atoms. The van der Waals surface area contributed by atoms with Crippen LogP contribution < -0.4 is 5.32 Å². The van der Waals surface area contributed by atoms with Crippen LogP contribution in [0.15, 0.2) is 33.3 Å². The number of nitrogens with zero attached hydrogens (tertiary/aromatic N) is 1. The average Bonchev–Trinajstić information content (AvgIpc) is 2.84. The first-order valence-corrected chi connectivity index (χ1v) is 7.43. The summed E-state index contributed by atoms with van der Waals surface area (Å²) in [7, 11) is 0. The third kappa shape index (κ3) is 3.81. The average molecular weight is 344 g/mol. The molecule has 0 aliphatic rings. The molecule has 1 aromatic carbocycles. The fraction of sp³-hybridized carbons (Fsp3) is 0.357. The van der Waals surface area contributed by atoms with Crippen molar-refractivity contribution >= 4 is 27.5 Å². The second kappa shape index (κ2) is 6.55. The Balaban J connectivity index is 2.20. The summed E-state index contributed by atoms with van der Waals surface area (Å²) in [5, 5.41) is 4.01. The van der Waals surface area contributed by atoms with Gasteiger partial charge in [-0.2, -0.15) is 0 Å². The zero-order valence-electron chi connectivity index (χ0n) is 10.9. The molecule has 0 aliphatic carbocycles. The number of nitrogens with one attached hydrogen (secondary N) is 1. The van der Waals surface area contributed by atoms with Crippen LogP contribution in [0.1, 0.15) is 32.2 Å². The summed E-state index contributed by atoms with van der Waals surface area (Å²) in [6.07, 6.45) is 2.82. The highest BCUT2D eigenvalue weighted by atomic mass is 79.9. The van der Waals surface area contributed by atoms with E-state index in [4.69, 9.17) is 16.0 Å². The number of aromatic nitrogens is 1. The van der Waals surface area contributed by atoms with E-state index >= 15 is 0 Å². The maximum absolute atomic E-state index is 6.03. The van der Waals surface area contributed by atoms with Crippen LogP contribution in [0.3, 0.4) is 0 Å². The number of halogens is 2. The largest absolute Gasteiger partial charge is 0.439 e. The molecule has 0 aliphatic heterocycles. The van der Waals surface area contributed by atoms with Crippen molar-refractivity contribution in [2.45, 2.75) is 26.3 Å². The first kappa shape index (κ1) is 14.6. The van der Waals surface area contributed by atoms with Crippen LogP contribution in [0.5, 0.6) is 0 Å². The van der Waals surface area contributed by atoms with E-state index in [0.29, 0.717) is 10.9 Å². The van der Waals surface area contributed by atoms with E-state index in [1.54, 1.807) is 6.20 Å². The van der Waals surface area contributed by atoms with Crippen LogP contribution >= 0.6 is 27.5 Å². The normalized spacial score (nSPS) is 12.6. The molecule has 0 bridgehead atoms. The Morgan fingerprint density at radius 3 is 2.89 bits per heavy atom. The molecule has 1 atom stereocenters. The second-order valence-corrected chi connectivity index (χ2v) is 5.75. The highest BCUT2D eigenvalue weighted by Gasteiger charge is 2.13. The minimum atomic E-state index is 0.108. The van der Waals surface area contributed by atoms with E-state index in [2.05, 4.69) is 33.2 Å². The first-order valence-electron chi connectivity index (χ1n) is 6.25. The Kier molecular flexibility index (Phi) is 5.02. The van der Waals surface area contributed by atoms with E-state index in [1.165, 1.54) is 0 Å². The fourth-order valence-electron chi connectivity index (χ4n) is 1.77. The monoisotopic (exact) mass is 342 g/mol. The lowest BCUT2D eigenvalue weighted by Gasteiger charge is -2.08. The molecular formula is C14H16BrClN2O. The maximum atomic E-state index is 6.03. The number of rotatable bonds is 5. The molecule has 2 rings (SSSR count). The highest BCUT2D eigenvalue weighted by molar-refractivity contribution is 9.10. The van der Waals surface area contributed by atoms with Crippen molar-refractivity contribution in [2.75, 3.05) is 6.54 Å². The van der Waals surface area contributed by atoms with Gasteiger partial charge in [-0.15, -0.1) is 0 Å². The Morgan fingerprint density at radius 1 is 1.42 bits per heavy atom. The lowest BCUT2D eigenvalue weighted by Crippen LogP contribution is -2.19. The standard InChI is InChI=1S/C14H16BrClN2O/c1-3-4-17-9(2)14-18-8-13(19-14)10-5-11(15)7-12(16)6-10/h5-9,17H,3-4H2,1-2H3. The molecule has 0 radical (unpaired) electrons. The number of benzene rings is 1. The molecule has 1 unspecified atom stereocenters. The van der Waals surface area contributed by atoms with Crippen molar-refractivity contribution in [3.8, 4) is 11.3 Å². The molecule has 3 nitrogen and oxygen atoms in total. The molecule has 1 aromatic heterocycles. The van der Waals surface area contributed by atoms with Gasteiger partial charge < -0.3 is 9.73 Å². The molecule has 102 valence electrons. The lowest BCUT2D eigenvalue weighted by atomic mass is 10.2. The molecule has 0 amide bonds. The molecule has 5 heteroatoms. The zero-order valence-corrected chi connectivity index (χ0v) is 13.3. The summed E-state index contributed by atoms with van der Waals surface area (Å²) in [5.74, 6) is 1.42. The molecule has 0 saturated carbocycles. The molecule has 2 aromatic rings. The van der Waals surface area contributed by atoms with E-state index in [0.717, 1.165) is 28.8 Å². The van der Waals surface area contributed by atoms with Gasteiger partial charge in [0.2, 0.25) is 5.89 Å². The third-order valence-electron chi connectivity index (χ3n) is 2.74. The molecular weight excluding hydrogens is 328 g/mol. The minimum absolute atomic E-state index is 0.108. The third-order valence-corrected chi connectivity index (χ3v) is 3.42. The Hall–Kier alpha value is -0.840. The van der Waals surface area contributed by atoms with E-state index < -0.39 is 0 Å². The predicted octanol–water partition coefficient (Wildman–Crippen LogP) is 4.82. The van der Waals surface area contributed by atoms with Crippen LogP contribution in [-0.2, 0) is 0 Å². The Bertz CT molecular complexity index is 536. The van der Waals surface area contributed by atoms with Crippen molar-refractivity contribution in [3.63, 3.8) is 0 Å². The van der Waals surface area contributed by atoms with Gasteiger partial charge in [-0.05, 0) is 38.1 Å². The van der Waals surface area contributed by atoms with Crippen LogP contribution in [0.25, 0.3) is 11.3 Å². The molecule has 1 heterocycles. The van der Waals surface area contributed by atoms with Gasteiger partial charge in [0.1, 0.15) is 0 Å². The predicted molar refractivity (Wildman–Crippen MR) is 81.4 cm³/mol. The van der Waals surface area contributed by atoms with Crippen LogP contribution in [0.4, 0.5) is 0 Å². The summed E-state index contributed by atoms with van der Waals surface area (Å²) in [5.41, 5.74) is 0.917. The summed E-state index contributed by atoms with van der Waals surface area (Å²) >= 11 is 9.45. The van der Waals surface area contributed by atoms with Gasteiger partial charge >= 0.3 is 0 Å². The molecule has 0 fully saturated rings. The van der Waals surface area contributed by atoms with Crippen molar-refractivity contribution in [3.05, 3.63) is 39.8 Å². The van der Waals surface area contributed by atoms with E-state index in [9.17, 15) is 0 Å². The summed E-state index contributed by atoms with van der Waals surface area (Å²) in [6, 6.07) is 5.77. The van der Waals surface area contributed by atoms with Gasteiger partial charge in [-0.3, -0.25) is 0 Å². The smallest absolute Gasteiger partial charge is 0.211 e. The fourth-order valence-corrected chi connectivity index (χ4v) is 2.63. The van der Waals surface area contributed by atoms with Crippen LogP contribution in [0.2, 0.25) is 5.02 Å². The molecule has 1 N–H and O–H groups in total. The highest BCUT2D eigenvalue weighted by Crippen LogP contribution is 2.28. The zero-order chi connectivity index (χ0) is 13.8. The van der Waals surface area contributed by atoms with Gasteiger partial charge in [0.15, 0.2) is 5.76 Å². The van der Waals surface area contributed by atoms with Gasteiger partial charge in [-0.1, -0.05) is 34.5 Å². The Labute approximate surface area is 126 Å². The van der Waals surface area contributed by atoms with Gasteiger partial charge in [0.05, 0.1) is 12.2 Å². The van der Waals surface area contributed by atoms with Gasteiger partial charge in [-0.25, -0.2) is 4.98 Å². The van der Waals surface area contributed by atoms with E-state index in [1.807, 2.05) is 25.1 Å². The summed E-state index contributed by atoms with van der Waals surface area (Å²) < 4.78 is 6.71. The topological polar surface area (TPSA) is 38.1 Å². The number of hydrogen-bond donors (Lipinski definition) is 1. The Morgan fingerprint density at radius 2 is 2.21 bits per heavy atom. The quantitative estimate of drug-likeness (QED) is 0.846. The minimum Gasteiger partial charge on any atom is -0.439 e. The number of oxazole rings is 1. The van der Waals surface area contributed by atoms with Crippen molar-refractivity contribution in [2.24, 2.45) is 0 Å². The second-order valence-electron chi connectivity index (χ2n) is 4.40. The van der Waals surface area contributed by atoms with Crippen molar-refractivity contribution < 1.29 is 4.42 Å². The lowest BCUT2D eigenvalue weighted by molar-refractivity contribution is 0.423. The SMILES string of the molecule is CCCNC(C)c1ncc(-c2cc(Cl)cc(Br)c2)o1. The summed E-state index contributed by atoms with van der Waals surface area (Å²) in [6.45, 7) is 5.12. The number of hydrogen-bond acceptors (Lipinski definition) is 3. The van der Waals surface area contributed by atoms with E-state index in [-0.39, 0.29) is 6.04 Å². The van der Waals surface area contributed by atoms with Crippen LogP contribution in [-0.4, -0.2) is 11.5 Å². The van der Waals surface area contributed by atoms with Gasteiger partial charge in [0.25, 0.3) is 0 Å². The maximum Gasteiger partial charge on any atom is 0.211 e. The van der Waals surface area contributed by atoms with Gasteiger partial charge in [0, 0.05) is 15.1 Å². The van der Waals surface area contributed by atoms with Crippen LogP contribution in [0, 0.1) is 0 Å². The van der Waals surface area contributed by atoms with Crippen molar-refractivity contribution in [1.82, 2.24) is 10.3 Å². The molecule has 0 spiro atoms. The molecule has 0 saturated heterocycles. The summed E-state index contributed by atoms with van der Waals surface area (Å²) in [4.78, 5) is 4.32.